The highest BCUT2D eigenvalue weighted by molar-refractivity contribution is 9.10. The lowest BCUT2D eigenvalue weighted by atomic mass is 10.1. The molecule has 0 aliphatic rings. The summed E-state index contributed by atoms with van der Waals surface area (Å²) < 4.78 is 6.93. The Labute approximate surface area is 136 Å². The van der Waals surface area contributed by atoms with E-state index < -0.39 is 0 Å². The molecule has 106 valence electrons. The Hall–Kier alpha value is -1.55. The van der Waals surface area contributed by atoms with E-state index in [-0.39, 0.29) is 0 Å². The van der Waals surface area contributed by atoms with E-state index in [1.54, 1.807) is 6.07 Å². The van der Waals surface area contributed by atoms with Crippen LogP contribution in [-0.4, -0.2) is 0 Å². The smallest absolute Gasteiger partial charge is 0.142 e. The summed E-state index contributed by atoms with van der Waals surface area (Å²) in [6.45, 7) is 0.400. The van der Waals surface area contributed by atoms with Crippen molar-refractivity contribution < 1.29 is 4.74 Å². The van der Waals surface area contributed by atoms with Crippen molar-refractivity contribution in [3.05, 3.63) is 69.7 Å². The van der Waals surface area contributed by atoms with Gasteiger partial charge in [0.15, 0.2) is 0 Å². The van der Waals surface area contributed by atoms with Gasteiger partial charge in [0.1, 0.15) is 11.5 Å². The number of benzene rings is 3. The van der Waals surface area contributed by atoms with Crippen molar-refractivity contribution in [3.8, 4) is 11.5 Å². The van der Waals surface area contributed by atoms with E-state index in [2.05, 4.69) is 22.0 Å². The number of nitrogens with two attached hydrogens (primary N) is 1. The lowest BCUT2D eigenvalue weighted by Crippen LogP contribution is -1.99. The molecule has 2 nitrogen and oxygen atoms in total. The molecule has 0 aliphatic carbocycles. The van der Waals surface area contributed by atoms with Crippen LogP contribution in [0.2, 0.25) is 5.02 Å². The number of hydrogen-bond donors (Lipinski definition) is 1. The molecule has 0 radical (unpaired) electrons. The molecule has 0 unspecified atom stereocenters. The molecular weight excluding hydrogens is 350 g/mol. The van der Waals surface area contributed by atoms with E-state index >= 15 is 0 Å². The molecule has 21 heavy (non-hydrogen) atoms. The lowest BCUT2D eigenvalue weighted by molar-refractivity contribution is 0.474. The highest BCUT2D eigenvalue weighted by Crippen LogP contribution is 2.37. The van der Waals surface area contributed by atoms with Gasteiger partial charge in [-0.15, -0.1) is 0 Å². The van der Waals surface area contributed by atoms with Crippen molar-refractivity contribution in [1.82, 2.24) is 0 Å². The summed E-state index contributed by atoms with van der Waals surface area (Å²) in [6, 6.07) is 17.6. The maximum absolute atomic E-state index is 6.04. The van der Waals surface area contributed by atoms with Crippen LogP contribution in [-0.2, 0) is 6.54 Å². The molecule has 0 bridgehead atoms. The standard InChI is InChI=1S/C17H13BrClNO/c18-17-14-4-2-1-3-11(14)6-8-15(17)21-16-9-13(19)7-5-12(16)10-20/h1-9H,10,20H2. The molecule has 3 aromatic rings. The van der Waals surface area contributed by atoms with Crippen molar-refractivity contribution >= 4 is 38.3 Å². The monoisotopic (exact) mass is 361 g/mol. The van der Waals surface area contributed by atoms with Crippen LogP contribution in [0.1, 0.15) is 5.56 Å². The molecule has 0 amide bonds. The molecule has 0 saturated heterocycles. The molecule has 0 heterocycles. The van der Waals surface area contributed by atoms with Crippen molar-refractivity contribution in [3.63, 3.8) is 0 Å². The van der Waals surface area contributed by atoms with Gasteiger partial charge in [0.25, 0.3) is 0 Å². The van der Waals surface area contributed by atoms with Crippen LogP contribution < -0.4 is 10.5 Å². The fraction of sp³-hybridized carbons (Fsp3) is 0.0588. The van der Waals surface area contributed by atoms with Crippen molar-refractivity contribution in [2.75, 3.05) is 0 Å². The number of ether oxygens (including phenoxy) is 1. The highest BCUT2D eigenvalue weighted by atomic mass is 79.9. The summed E-state index contributed by atoms with van der Waals surface area (Å²) in [7, 11) is 0. The molecule has 0 atom stereocenters. The summed E-state index contributed by atoms with van der Waals surface area (Å²) in [6.07, 6.45) is 0. The van der Waals surface area contributed by atoms with Crippen LogP contribution >= 0.6 is 27.5 Å². The number of fused-ring (bicyclic) bond motifs is 1. The molecule has 0 saturated carbocycles. The zero-order chi connectivity index (χ0) is 14.8. The summed E-state index contributed by atoms with van der Waals surface area (Å²) in [5.74, 6) is 1.42. The Morgan fingerprint density at radius 3 is 2.62 bits per heavy atom. The highest BCUT2D eigenvalue weighted by Gasteiger charge is 2.10. The normalized spacial score (nSPS) is 10.8. The van der Waals surface area contributed by atoms with Crippen molar-refractivity contribution in [2.24, 2.45) is 5.73 Å². The maximum atomic E-state index is 6.04. The third-order valence-electron chi connectivity index (χ3n) is 3.30. The summed E-state index contributed by atoms with van der Waals surface area (Å²) in [5.41, 5.74) is 6.66. The third kappa shape index (κ3) is 2.91. The van der Waals surface area contributed by atoms with Crippen LogP contribution in [0.5, 0.6) is 11.5 Å². The Bertz CT molecular complexity index is 804. The van der Waals surface area contributed by atoms with E-state index in [0.29, 0.717) is 17.3 Å². The maximum Gasteiger partial charge on any atom is 0.142 e. The summed E-state index contributed by atoms with van der Waals surface area (Å²) >= 11 is 9.66. The van der Waals surface area contributed by atoms with Gasteiger partial charge in [0.05, 0.1) is 4.47 Å². The Kier molecular flexibility index (Phi) is 4.15. The Morgan fingerprint density at radius 2 is 1.81 bits per heavy atom. The van der Waals surface area contributed by atoms with Gasteiger partial charge < -0.3 is 10.5 Å². The molecule has 3 aromatic carbocycles. The van der Waals surface area contributed by atoms with Crippen molar-refractivity contribution in [1.29, 1.82) is 0 Å². The molecule has 3 rings (SSSR count). The first-order chi connectivity index (χ1) is 10.2. The van der Waals surface area contributed by atoms with E-state index in [4.69, 9.17) is 22.1 Å². The van der Waals surface area contributed by atoms with Gasteiger partial charge in [0, 0.05) is 17.1 Å². The van der Waals surface area contributed by atoms with Gasteiger partial charge in [-0.2, -0.15) is 0 Å². The fourth-order valence-electron chi connectivity index (χ4n) is 2.20. The molecule has 0 fully saturated rings. The first kappa shape index (κ1) is 14.4. The number of hydrogen-bond acceptors (Lipinski definition) is 2. The first-order valence-electron chi connectivity index (χ1n) is 6.52. The average Bonchev–Trinajstić information content (AvgIpc) is 2.51. The van der Waals surface area contributed by atoms with Crippen LogP contribution in [0.4, 0.5) is 0 Å². The molecule has 0 spiro atoms. The van der Waals surface area contributed by atoms with Crippen molar-refractivity contribution in [2.45, 2.75) is 6.54 Å². The second kappa shape index (κ2) is 6.06. The summed E-state index contributed by atoms with van der Waals surface area (Å²) in [4.78, 5) is 0. The van der Waals surface area contributed by atoms with Crippen LogP contribution in [0.25, 0.3) is 10.8 Å². The van der Waals surface area contributed by atoms with E-state index in [9.17, 15) is 0 Å². The SMILES string of the molecule is NCc1ccc(Cl)cc1Oc1ccc2ccccc2c1Br. The molecular formula is C17H13BrClNO. The molecule has 0 aliphatic heterocycles. The third-order valence-corrected chi connectivity index (χ3v) is 4.35. The molecule has 0 aromatic heterocycles. The van der Waals surface area contributed by atoms with E-state index in [1.165, 1.54) is 0 Å². The average molecular weight is 363 g/mol. The van der Waals surface area contributed by atoms with Gasteiger partial charge in [-0.05, 0) is 44.9 Å². The predicted octanol–water partition coefficient (Wildman–Crippen LogP) is 5.51. The van der Waals surface area contributed by atoms with Gasteiger partial charge in [-0.3, -0.25) is 0 Å². The molecule has 2 N–H and O–H groups in total. The van der Waals surface area contributed by atoms with Gasteiger partial charge in [0.2, 0.25) is 0 Å². The second-order valence-electron chi connectivity index (χ2n) is 4.66. The van der Waals surface area contributed by atoms with Crippen LogP contribution in [0, 0.1) is 0 Å². The summed E-state index contributed by atoms with van der Waals surface area (Å²) in [5, 5.41) is 2.88. The van der Waals surface area contributed by atoms with E-state index in [0.717, 1.165) is 26.6 Å². The number of rotatable bonds is 3. The minimum atomic E-state index is 0.400. The molecule has 4 heteroatoms. The zero-order valence-corrected chi connectivity index (χ0v) is 13.5. The topological polar surface area (TPSA) is 35.2 Å². The number of halogens is 2. The minimum Gasteiger partial charge on any atom is -0.456 e. The first-order valence-corrected chi connectivity index (χ1v) is 7.70. The zero-order valence-electron chi connectivity index (χ0n) is 11.1. The minimum absolute atomic E-state index is 0.400. The predicted molar refractivity (Wildman–Crippen MR) is 91.1 cm³/mol. The Morgan fingerprint density at radius 1 is 1.00 bits per heavy atom. The van der Waals surface area contributed by atoms with E-state index in [1.807, 2.05) is 42.5 Å². The largest absolute Gasteiger partial charge is 0.456 e. The van der Waals surface area contributed by atoms with Crippen LogP contribution in [0.15, 0.2) is 59.1 Å². The van der Waals surface area contributed by atoms with Gasteiger partial charge in [-0.1, -0.05) is 48.0 Å². The second-order valence-corrected chi connectivity index (χ2v) is 5.89. The lowest BCUT2D eigenvalue weighted by Gasteiger charge is -2.13. The fourth-order valence-corrected chi connectivity index (χ4v) is 2.94. The van der Waals surface area contributed by atoms with Crippen LogP contribution in [0.3, 0.4) is 0 Å². The van der Waals surface area contributed by atoms with Gasteiger partial charge in [-0.25, -0.2) is 0 Å². The van der Waals surface area contributed by atoms with Gasteiger partial charge >= 0.3 is 0 Å². The quantitative estimate of drug-likeness (QED) is 0.667. The Balaban J connectivity index is 2.06.